The van der Waals surface area contributed by atoms with Crippen molar-refractivity contribution < 1.29 is 4.74 Å². The third-order valence-electron chi connectivity index (χ3n) is 3.02. The zero-order valence-electron chi connectivity index (χ0n) is 10.7. The van der Waals surface area contributed by atoms with Gasteiger partial charge in [0.15, 0.2) is 0 Å². The molecule has 2 aromatic rings. The number of aryl methyl sites for hydroxylation is 1. The van der Waals surface area contributed by atoms with Crippen LogP contribution in [0.15, 0.2) is 18.2 Å². The van der Waals surface area contributed by atoms with Crippen LogP contribution in [0.4, 0.5) is 0 Å². The number of halogens is 3. The van der Waals surface area contributed by atoms with E-state index in [0.29, 0.717) is 15.7 Å². The second-order valence-corrected chi connectivity index (χ2v) is 5.35. The van der Waals surface area contributed by atoms with E-state index in [-0.39, 0.29) is 5.15 Å². The maximum Gasteiger partial charge on any atom is 0.148 e. The molecule has 0 saturated carbocycles. The lowest BCUT2D eigenvalue weighted by atomic mass is 10.0. The summed E-state index contributed by atoms with van der Waals surface area (Å²) in [5, 5.41) is 0.996. The van der Waals surface area contributed by atoms with Gasteiger partial charge in [-0.05, 0) is 37.1 Å². The van der Waals surface area contributed by atoms with Gasteiger partial charge in [0, 0.05) is 5.56 Å². The maximum atomic E-state index is 6.20. The lowest BCUT2D eigenvalue weighted by Crippen LogP contribution is -1.96. The smallest absolute Gasteiger partial charge is 0.148 e. The Labute approximate surface area is 127 Å². The summed E-state index contributed by atoms with van der Waals surface area (Å²) in [5.41, 5.74) is 3.55. The predicted molar refractivity (Wildman–Crippen MR) is 80.7 cm³/mol. The van der Waals surface area contributed by atoms with Crippen molar-refractivity contribution in [3.05, 3.63) is 44.5 Å². The lowest BCUT2D eigenvalue weighted by molar-refractivity contribution is 0.413. The molecule has 19 heavy (non-hydrogen) atoms. The monoisotopic (exact) mass is 315 g/mol. The third kappa shape index (κ3) is 2.66. The molecule has 0 N–H and O–H groups in total. The molecule has 0 amide bonds. The average molecular weight is 317 g/mol. The number of nitrogens with zero attached hydrogens (tertiary/aromatic N) is 1. The standard InChI is InChI=1S/C14H12Cl3NO/c1-7-4-5-9(13(19-3)8(7)2)12-10(15)6-11(16)14(17)18-12/h4-6H,1-3H3. The number of hydrogen-bond donors (Lipinski definition) is 0. The van der Waals surface area contributed by atoms with Gasteiger partial charge in [-0.2, -0.15) is 0 Å². The van der Waals surface area contributed by atoms with Crippen LogP contribution in [-0.2, 0) is 0 Å². The molecule has 0 aliphatic heterocycles. The van der Waals surface area contributed by atoms with E-state index in [0.717, 1.165) is 22.4 Å². The van der Waals surface area contributed by atoms with Gasteiger partial charge in [-0.25, -0.2) is 4.98 Å². The largest absolute Gasteiger partial charge is 0.496 e. The van der Waals surface area contributed by atoms with Crippen LogP contribution in [0, 0.1) is 13.8 Å². The summed E-state index contributed by atoms with van der Waals surface area (Å²) < 4.78 is 5.46. The molecule has 0 spiro atoms. The Morgan fingerprint density at radius 1 is 1.05 bits per heavy atom. The first-order valence-electron chi connectivity index (χ1n) is 5.61. The molecular weight excluding hydrogens is 305 g/mol. The van der Waals surface area contributed by atoms with Gasteiger partial charge in [0.2, 0.25) is 0 Å². The number of rotatable bonds is 2. The minimum absolute atomic E-state index is 0.223. The van der Waals surface area contributed by atoms with E-state index in [9.17, 15) is 0 Å². The Morgan fingerprint density at radius 2 is 1.74 bits per heavy atom. The van der Waals surface area contributed by atoms with Crippen molar-refractivity contribution in [2.24, 2.45) is 0 Å². The van der Waals surface area contributed by atoms with Crippen LogP contribution in [0.2, 0.25) is 15.2 Å². The van der Waals surface area contributed by atoms with Crippen LogP contribution in [0.25, 0.3) is 11.3 Å². The SMILES string of the molecule is COc1c(-c2nc(Cl)c(Cl)cc2Cl)ccc(C)c1C. The van der Waals surface area contributed by atoms with E-state index >= 15 is 0 Å². The van der Waals surface area contributed by atoms with Gasteiger partial charge in [0.1, 0.15) is 10.9 Å². The van der Waals surface area contributed by atoms with Crippen molar-refractivity contribution in [3.8, 4) is 17.0 Å². The van der Waals surface area contributed by atoms with Gasteiger partial charge in [0.05, 0.1) is 22.8 Å². The van der Waals surface area contributed by atoms with E-state index in [1.54, 1.807) is 13.2 Å². The number of methoxy groups -OCH3 is 1. The topological polar surface area (TPSA) is 22.1 Å². The fourth-order valence-corrected chi connectivity index (χ4v) is 2.47. The average Bonchev–Trinajstić information content (AvgIpc) is 2.37. The Balaban J connectivity index is 2.72. The first-order valence-corrected chi connectivity index (χ1v) is 6.75. The molecule has 5 heteroatoms. The molecule has 2 nitrogen and oxygen atoms in total. The molecule has 0 fully saturated rings. The molecule has 2 rings (SSSR count). The van der Waals surface area contributed by atoms with Crippen molar-refractivity contribution in [1.82, 2.24) is 4.98 Å². The lowest BCUT2D eigenvalue weighted by Gasteiger charge is -2.14. The van der Waals surface area contributed by atoms with E-state index in [1.165, 1.54) is 0 Å². The molecule has 0 saturated heterocycles. The zero-order valence-corrected chi connectivity index (χ0v) is 13.0. The van der Waals surface area contributed by atoms with E-state index in [2.05, 4.69) is 4.98 Å². The second-order valence-electron chi connectivity index (χ2n) is 4.18. The van der Waals surface area contributed by atoms with E-state index < -0.39 is 0 Å². The van der Waals surface area contributed by atoms with Gasteiger partial charge in [0.25, 0.3) is 0 Å². The van der Waals surface area contributed by atoms with Crippen molar-refractivity contribution in [2.45, 2.75) is 13.8 Å². The summed E-state index contributed by atoms with van der Waals surface area (Å²) in [6, 6.07) is 5.50. The quantitative estimate of drug-likeness (QED) is 0.698. The minimum Gasteiger partial charge on any atom is -0.496 e. The Morgan fingerprint density at radius 3 is 2.37 bits per heavy atom. The molecule has 100 valence electrons. The third-order valence-corrected chi connectivity index (χ3v) is 3.98. The summed E-state index contributed by atoms with van der Waals surface area (Å²) >= 11 is 18.0. The van der Waals surface area contributed by atoms with E-state index in [4.69, 9.17) is 39.5 Å². The summed E-state index contributed by atoms with van der Waals surface area (Å²) in [6.07, 6.45) is 0. The van der Waals surface area contributed by atoms with Crippen LogP contribution in [0.5, 0.6) is 5.75 Å². The molecule has 0 aliphatic rings. The number of pyridine rings is 1. The Kier molecular flexibility index (Phi) is 4.24. The van der Waals surface area contributed by atoms with Crippen molar-refractivity contribution >= 4 is 34.8 Å². The molecular formula is C14H12Cl3NO. The highest BCUT2D eigenvalue weighted by Crippen LogP contribution is 2.39. The van der Waals surface area contributed by atoms with Crippen molar-refractivity contribution in [3.63, 3.8) is 0 Å². The molecule has 0 atom stereocenters. The molecule has 0 unspecified atom stereocenters. The first kappa shape index (κ1) is 14.4. The summed E-state index contributed by atoms with van der Waals surface area (Å²) in [4.78, 5) is 4.24. The van der Waals surface area contributed by atoms with Crippen LogP contribution in [-0.4, -0.2) is 12.1 Å². The maximum absolute atomic E-state index is 6.20. The van der Waals surface area contributed by atoms with E-state index in [1.807, 2.05) is 26.0 Å². The minimum atomic E-state index is 0.223. The zero-order chi connectivity index (χ0) is 14.2. The summed E-state index contributed by atoms with van der Waals surface area (Å²) in [5.74, 6) is 0.743. The highest BCUT2D eigenvalue weighted by Gasteiger charge is 2.16. The number of benzene rings is 1. The summed E-state index contributed by atoms with van der Waals surface area (Å²) in [6.45, 7) is 4.01. The highest BCUT2D eigenvalue weighted by atomic mass is 35.5. The number of ether oxygens (including phenoxy) is 1. The number of hydrogen-bond acceptors (Lipinski definition) is 2. The molecule has 0 radical (unpaired) electrons. The first-order chi connectivity index (χ1) is 8.95. The Bertz CT molecular complexity index is 641. The van der Waals surface area contributed by atoms with Gasteiger partial charge in [-0.15, -0.1) is 0 Å². The van der Waals surface area contributed by atoms with Crippen LogP contribution < -0.4 is 4.74 Å². The van der Waals surface area contributed by atoms with Gasteiger partial charge >= 0.3 is 0 Å². The van der Waals surface area contributed by atoms with Gasteiger partial charge in [-0.1, -0.05) is 40.9 Å². The fourth-order valence-electron chi connectivity index (χ4n) is 1.87. The molecule has 1 heterocycles. The molecule has 1 aromatic carbocycles. The second kappa shape index (κ2) is 5.58. The molecule has 0 bridgehead atoms. The van der Waals surface area contributed by atoms with Crippen LogP contribution in [0.3, 0.4) is 0 Å². The van der Waals surface area contributed by atoms with Crippen molar-refractivity contribution in [2.75, 3.05) is 7.11 Å². The van der Waals surface area contributed by atoms with Crippen molar-refractivity contribution in [1.29, 1.82) is 0 Å². The van der Waals surface area contributed by atoms with Gasteiger partial charge < -0.3 is 4.74 Å². The van der Waals surface area contributed by atoms with Crippen LogP contribution >= 0.6 is 34.8 Å². The van der Waals surface area contributed by atoms with Gasteiger partial charge in [-0.3, -0.25) is 0 Å². The highest BCUT2D eigenvalue weighted by molar-refractivity contribution is 6.43. The molecule has 1 aromatic heterocycles. The van der Waals surface area contributed by atoms with Crippen LogP contribution in [0.1, 0.15) is 11.1 Å². The molecule has 0 aliphatic carbocycles. The fraction of sp³-hybridized carbons (Fsp3) is 0.214. The Hall–Kier alpha value is -0.960. The normalized spacial score (nSPS) is 10.6. The number of aromatic nitrogens is 1. The summed E-state index contributed by atoms with van der Waals surface area (Å²) in [7, 11) is 1.62. The predicted octanol–water partition coefficient (Wildman–Crippen LogP) is 5.33.